The zero-order valence-electron chi connectivity index (χ0n) is 9.58. The molecule has 1 aliphatic carbocycles. The van der Waals surface area contributed by atoms with Crippen LogP contribution in [0.2, 0.25) is 0 Å². The summed E-state index contributed by atoms with van der Waals surface area (Å²) in [7, 11) is 0. The van der Waals surface area contributed by atoms with E-state index in [2.05, 4.69) is 15.1 Å². The van der Waals surface area contributed by atoms with Crippen LogP contribution in [0.5, 0.6) is 0 Å². The maximum absolute atomic E-state index is 10.8. The number of aliphatic carboxylic acids is 1. The highest BCUT2D eigenvalue weighted by molar-refractivity contribution is 5.74. The van der Waals surface area contributed by atoms with Crippen molar-refractivity contribution in [3.8, 4) is 0 Å². The molecule has 0 saturated heterocycles. The van der Waals surface area contributed by atoms with Crippen LogP contribution in [-0.2, 0) is 4.79 Å². The fourth-order valence-electron chi connectivity index (χ4n) is 2.02. The minimum atomic E-state index is -0.763. The third-order valence-electron chi connectivity index (χ3n) is 3.17. The molecule has 3 rings (SSSR count). The molecular formula is C11H12N4O2. The fourth-order valence-corrected chi connectivity index (χ4v) is 2.02. The van der Waals surface area contributed by atoms with E-state index in [4.69, 9.17) is 5.11 Å². The summed E-state index contributed by atoms with van der Waals surface area (Å²) in [5.41, 5.74) is 2.43. The molecule has 2 aromatic heterocycles. The van der Waals surface area contributed by atoms with Crippen molar-refractivity contribution in [2.45, 2.75) is 26.2 Å². The number of carbonyl (C=O) groups is 1. The molecule has 88 valence electrons. The van der Waals surface area contributed by atoms with Gasteiger partial charge in [0, 0.05) is 12.1 Å². The Morgan fingerprint density at radius 3 is 2.88 bits per heavy atom. The Bertz CT molecular complexity index is 580. The molecular weight excluding hydrogens is 220 g/mol. The first-order valence-electron chi connectivity index (χ1n) is 5.49. The van der Waals surface area contributed by atoms with Gasteiger partial charge >= 0.3 is 5.97 Å². The van der Waals surface area contributed by atoms with E-state index < -0.39 is 5.97 Å². The molecule has 2 atom stereocenters. The summed E-state index contributed by atoms with van der Waals surface area (Å²) in [6, 6.07) is 0. The van der Waals surface area contributed by atoms with Gasteiger partial charge in [-0.3, -0.25) is 9.78 Å². The highest BCUT2D eigenvalue weighted by atomic mass is 16.4. The van der Waals surface area contributed by atoms with Crippen LogP contribution in [-0.4, -0.2) is 30.7 Å². The molecule has 2 unspecified atom stereocenters. The quantitative estimate of drug-likeness (QED) is 0.833. The van der Waals surface area contributed by atoms with Gasteiger partial charge in [-0.2, -0.15) is 5.10 Å². The number of aryl methyl sites for hydroxylation is 2. The summed E-state index contributed by atoms with van der Waals surface area (Å²) in [6.07, 6.45) is 2.38. The summed E-state index contributed by atoms with van der Waals surface area (Å²) in [5.74, 6) is -0.496. The predicted molar refractivity (Wildman–Crippen MR) is 58.7 cm³/mol. The summed E-state index contributed by atoms with van der Waals surface area (Å²) < 4.78 is 1.73. The minimum absolute atomic E-state index is 0.0359. The predicted octanol–water partition coefficient (Wildman–Crippen LogP) is 0.929. The SMILES string of the molecule is Cc1ncc(C)n2nc(C3CC3C(=O)O)nc12. The lowest BCUT2D eigenvalue weighted by Gasteiger charge is -1.97. The van der Waals surface area contributed by atoms with Crippen molar-refractivity contribution in [3.05, 3.63) is 23.4 Å². The van der Waals surface area contributed by atoms with E-state index in [1.54, 1.807) is 10.7 Å². The number of aromatic nitrogens is 4. The fraction of sp³-hybridized carbons (Fsp3) is 0.455. The Kier molecular flexibility index (Phi) is 1.95. The molecule has 0 aromatic carbocycles. The Morgan fingerprint density at radius 2 is 2.29 bits per heavy atom. The highest BCUT2D eigenvalue weighted by Gasteiger charge is 2.47. The first kappa shape index (κ1) is 10.2. The van der Waals surface area contributed by atoms with Crippen LogP contribution < -0.4 is 0 Å². The van der Waals surface area contributed by atoms with E-state index in [9.17, 15) is 4.79 Å². The first-order valence-corrected chi connectivity index (χ1v) is 5.49. The highest BCUT2D eigenvalue weighted by Crippen LogP contribution is 2.46. The Balaban J connectivity index is 2.06. The molecule has 0 amide bonds. The van der Waals surface area contributed by atoms with Gasteiger partial charge in [-0.15, -0.1) is 0 Å². The Labute approximate surface area is 97.3 Å². The number of fused-ring (bicyclic) bond motifs is 1. The lowest BCUT2D eigenvalue weighted by Crippen LogP contribution is -2.00. The van der Waals surface area contributed by atoms with Crippen LogP contribution >= 0.6 is 0 Å². The monoisotopic (exact) mass is 232 g/mol. The summed E-state index contributed by atoms with van der Waals surface area (Å²) in [5, 5.41) is 13.3. The molecule has 1 saturated carbocycles. The van der Waals surface area contributed by atoms with Crippen molar-refractivity contribution in [3.63, 3.8) is 0 Å². The largest absolute Gasteiger partial charge is 0.481 e. The van der Waals surface area contributed by atoms with E-state index in [1.165, 1.54) is 0 Å². The molecule has 0 bridgehead atoms. The van der Waals surface area contributed by atoms with Crippen LogP contribution in [0.15, 0.2) is 6.20 Å². The Hall–Kier alpha value is -1.98. The van der Waals surface area contributed by atoms with Crippen LogP contribution in [0.3, 0.4) is 0 Å². The maximum Gasteiger partial charge on any atom is 0.307 e. The lowest BCUT2D eigenvalue weighted by molar-refractivity contribution is -0.138. The number of hydrogen-bond acceptors (Lipinski definition) is 4. The number of rotatable bonds is 2. The molecule has 17 heavy (non-hydrogen) atoms. The first-order chi connectivity index (χ1) is 8.08. The molecule has 1 aliphatic rings. The molecule has 2 aromatic rings. The second kappa shape index (κ2) is 3.26. The molecule has 0 aliphatic heterocycles. The van der Waals surface area contributed by atoms with Gasteiger partial charge in [0.05, 0.1) is 17.3 Å². The van der Waals surface area contributed by atoms with E-state index in [0.717, 1.165) is 17.0 Å². The topological polar surface area (TPSA) is 80.4 Å². The zero-order valence-corrected chi connectivity index (χ0v) is 9.58. The average Bonchev–Trinajstić information content (AvgIpc) is 2.96. The van der Waals surface area contributed by atoms with Crippen molar-refractivity contribution in [2.24, 2.45) is 5.92 Å². The normalized spacial score (nSPS) is 22.9. The standard InChI is InChI=1S/C11H12N4O2/c1-5-4-12-6(2)10-13-9(14-15(5)10)7-3-8(7)11(16)17/h4,7-8H,3H2,1-2H3,(H,16,17). The molecule has 6 heteroatoms. The summed E-state index contributed by atoms with van der Waals surface area (Å²) >= 11 is 0. The smallest absolute Gasteiger partial charge is 0.307 e. The van der Waals surface area contributed by atoms with Gasteiger partial charge < -0.3 is 5.11 Å². The van der Waals surface area contributed by atoms with Crippen molar-refractivity contribution in [1.29, 1.82) is 0 Å². The van der Waals surface area contributed by atoms with Gasteiger partial charge in [0.25, 0.3) is 0 Å². The van der Waals surface area contributed by atoms with Gasteiger partial charge in [0.15, 0.2) is 11.5 Å². The van der Waals surface area contributed by atoms with Gasteiger partial charge in [-0.25, -0.2) is 9.50 Å². The second-order valence-corrected chi connectivity index (χ2v) is 4.48. The van der Waals surface area contributed by atoms with Crippen LogP contribution in [0.4, 0.5) is 0 Å². The van der Waals surface area contributed by atoms with Crippen molar-refractivity contribution in [2.75, 3.05) is 0 Å². The molecule has 0 spiro atoms. The summed E-state index contributed by atoms with van der Waals surface area (Å²) in [6.45, 7) is 3.77. The second-order valence-electron chi connectivity index (χ2n) is 4.48. The van der Waals surface area contributed by atoms with Crippen LogP contribution in [0.25, 0.3) is 5.65 Å². The average molecular weight is 232 g/mol. The number of carboxylic acid groups (broad SMARTS) is 1. The van der Waals surface area contributed by atoms with E-state index in [1.807, 2.05) is 13.8 Å². The molecule has 6 nitrogen and oxygen atoms in total. The third kappa shape index (κ3) is 1.48. The maximum atomic E-state index is 10.8. The van der Waals surface area contributed by atoms with Crippen molar-refractivity contribution < 1.29 is 9.90 Å². The Morgan fingerprint density at radius 1 is 1.53 bits per heavy atom. The third-order valence-corrected chi connectivity index (χ3v) is 3.17. The summed E-state index contributed by atoms with van der Waals surface area (Å²) in [4.78, 5) is 19.4. The number of carboxylic acids is 1. The van der Waals surface area contributed by atoms with Crippen LogP contribution in [0, 0.1) is 19.8 Å². The minimum Gasteiger partial charge on any atom is -0.481 e. The molecule has 2 heterocycles. The van der Waals surface area contributed by atoms with Gasteiger partial charge in [-0.05, 0) is 20.3 Å². The molecule has 0 radical (unpaired) electrons. The van der Waals surface area contributed by atoms with Gasteiger partial charge in [-0.1, -0.05) is 0 Å². The number of hydrogen-bond donors (Lipinski definition) is 1. The molecule has 1 N–H and O–H groups in total. The van der Waals surface area contributed by atoms with Crippen molar-refractivity contribution in [1.82, 2.24) is 19.6 Å². The van der Waals surface area contributed by atoms with Gasteiger partial charge in [0.1, 0.15) is 0 Å². The number of nitrogens with zero attached hydrogens (tertiary/aromatic N) is 4. The molecule has 1 fully saturated rings. The zero-order chi connectivity index (χ0) is 12.2. The van der Waals surface area contributed by atoms with Crippen molar-refractivity contribution >= 4 is 11.6 Å². The van der Waals surface area contributed by atoms with E-state index in [-0.39, 0.29) is 11.8 Å². The lowest BCUT2D eigenvalue weighted by atomic mass is 10.3. The van der Waals surface area contributed by atoms with Crippen LogP contribution in [0.1, 0.15) is 29.6 Å². The van der Waals surface area contributed by atoms with E-state index in [0.29, 0.717) is 12.2 Å². The van der Waals surface area contributed by atoms with Gasteiger partial charge in [0.2, 0.25) is 0 Å². The van der Waals surface area contributed by atoms with E-state index >= 15 is 0 Å².